The van der Waals surface area contributed by atoms with E-state index in [4.69, 9.17) is 25.7 Å². The van der Waals surface area contributed by atoms with Gasteiger partial charge in [-0.05, 0) is 37.1 Å². The minimum atomic E-state index is -1.15. The van der Waals surface area contributed by atoms with Crippen molar-refractivity contribution in [3.05, 3.63) is 102 Å². The molecule has 0 saturated heterocycles. The summed E-state index contributed by atoms with van der Waals surface area (Å²) in [5, 5.41) is 17.0. The van der Waals surface area contributed by atoms with Gasteiger partial charge < -0.3 is 19.8 Å². The molecule has 1 atom stereocenters. The molecule has 0 saturated carbocycles. The van der Waals surface area contributed by atoms with Crippen molar-refractivity contribution in [2.75, 3.05) is 7.05 Å². The van der Waals surface area contributed by atoms with Crippen molar-refractivity contribution in [2.24, 2.45) is 5.73 Å². The third kappa shape index (κ3) is 6.30. The molecule has 0 aliphatic carbocycles. The molecule has 188 valence electrons. The fourth-order valence-electron chi connectivity index (χ4n) is 3.70. The summed E-state index contributed by atoms with van der Waals surface area (Å²) >= 11 is 0. The van der Waals surface area contributed by atoms with Crippen molar-refractivity contribution in [1.29, 1.82) is 10.8 Å². The van der Waals surface area contributed by atoms with E-state index in [-0.39, 0.29) is 41.3 Å². The van der Waals surface area contributed by atoms with Crippen molar-refractivity contribution >= 4 is 17.7 Å². The van der Waals surface area contributed by atoms with Crippen LogP contribution in [0.3, 0.4) is 0 Å². The fourth-order valence-corrected chi connectivity index (χ4v) is 3.70. The smallest absolute Gasteiger partial charge is 0.253 e. The minimum Gasteiger partial charge on any atom is -0.445 e. The number of carbonyl (C=O) groups is 1. The normalized spacial score (nSPS) is 12.4. The highest BCUT2D eigenvalue weighted by Gasteiger charge is 2.29. The lowest BCUT2D eigenvalue weighted by atomic mass is 9.93. The van der Waals surface area contributed by atoms with Crippen LogP contribution in [-0.4, -0.2) is 50.1 Å². The van der Waals surface area contributed by atoms with Crippen LogP contribution in [0.1, 0.15) is 34.1 Å². The van der Waals surface area contributed by atoms with E-state index in [1.54, 1.807) is 44.7 Å². The lowest BCUT2D eigenvalue weighted by Crippen LogP contribution is -2.48. The van der Waals surface area contributed by atoms with Gasteiger partial charge in [0.15, 0.2) is 0 Å². The lowest BCUT2D eigenvalue weighted by Gasteiger charge is -2.25. The number of carbonyl (C=O) groups excluding carboxylic acids is 1. The number of hydrogen-bond acceptors (Lipinski definition) is 9. The van der Waals surface area contributed by atoms with E-state index in [1.165, 1.54) is 23.4 Å². The second kappa shape index (κ2) is 10.9. The Kier molecular flexibility index (Phi) is 7.49. The number of ether oxygens (including phenoxy) is 1. The van der Waals surface area contributed by atoms with Gasteiger partial charge in [-0.15, -0.1) is 0 Å². The highest BCUT2D eigenvalue weighted by Crippen LogP contribution is 2.23. The van der Waals surface area contributed by atoms with Crippen LogP contribution in [0.15, 0.2) is 84.0 Å². The van der Waals surface area contributed by atoms with Crippen molar-refractivity contribution < 1.29 is 13.9 Å². The van der Waals surface area contributed by atoms with Crippen LogP contribution in [0.2, 0.25) is 0 Å². The van der Waals surface area contributed by atoms with Gasteiger partial charge in [0.25, 0.3) is 5.91 Å². The summed E-state index contributed by atoms with van der Waals surface area (Å²) < 4.78 is 11.0. The average Bonchev–Trinajstić information content (AvgIpc) is 3.44. The third-order valence-corrected chi connectivity index (χ3v) is 5.62. The molecule has 0 radical (unpaired) electrons. The summed E-state index contributed by atoms with van der Waals surface area (Å²) in [5.74, 6) is -0.622. The maximum Gasteiger partial charge on any atom is 0.253 e. The van der Waals surface area contributed by atoms with Gasteiger partial charge in [-0.2, -0.15) is 0 Å². The predicted molar refractivity (Wildman–Crippen MR) is 138 cm³/mol. The van der Waals surface area contributed by atoms with E-state index < -0.39 is 5.54 Å². The van der Waals surface area contributed by atoms with Gasteiger partial charge in [0, 0.05) is 36.1 Å². The topological polar surface area (TPSA) is 155 Å². The number of nitrogens with one attached hydrogen (secondary N) is 2. The number of hydrogen-bond donors (Lipinski definition) is 3. The van der Waals surface area contributed by atoms with Gasteiger partial charge in [-0.1, -0.05) is 30.3 Å². The van der Waals surface area contributed by atoms with Crippen molar-refractivity contribution in [1.82, 2.24) is 19.9 Å². The number of rotatable bonds is 8. The Labute approximate surface area is 214 Å². The first-order chi connectivity index (χ1) is 17.7. The number of nitrogens with two attached hydrogens (primary N) is 1. The van der Waals surface area contributed by atoms with E-state index in [0.29, 0.717) is 17.7 Å². The molecule has 0 aliphatic heterocycles. The van der Waals surface area contributed by atoms with E-state index in [1.807, 2.05) is 30.3 Å². The van der Waals surface area contributed by atoms with Gasteiger partial charge in [0.1, 0.15) is 6.26 Å². The predicted octanol–water partition coefficient (Wildman–Crippen LogP) is 3.68. The summed E-state index contributed by atoms with van der Waals surface area (Å²) in [5.41, 5.74) is 7.84. The first-order valence-electron chi connectivity index (χ1n) is 11.5. The van der Waals surface area contributed by atoms with Gasteiger partial charge >= 0.3 is 0 Å². The summed E-state index contributed by atoms with van der Waals surface area (Å²) in [6.45, 7) is 1.92. The number of nitrogens with zero attached hydrogens (tertiary/aromatic N) is 4. The number of aromatic nitrogens is 3. The number of benzene rings is 2. The molecule has 4 rings (SSSR count). The number of oxazole rings is 1. The Morgan fingerprint density at radius 3 is 2.51 bits per heavy atom. The Bertz CT molecular complexity index is 1390. The molecule has 0 aliphatic rings. The maximum atomic E-state index is 13.3. The quantitative estimate of drug-likeness (QED) is 0.248. The van der Waals surface area contributed by atoms with E-state index in [2.05, 4.69) is 15.0 Å². The fraction of sp³-hybridized carbons (Fsp3) is 0.185. The molecule has 1 amide bonds. The van der Waals surface area contributed by atoms with Crippen LogP contribution in [0.4, 0.5) is 0 Å². The van der Waals surface area contributed by atoms with Crippen molar-refractivity contribution in [3.63, 3.8) is 0 Å². The Balaban J connectivity index is 1.58. The molecule has 0 unspecified atom stereocenters. The monoisotopic (exact) mass is 497 g/mol. The highest BCUT2D eigenvalue weighted by molar-refractivity contribution is 6.04. The first-order valence-corrected chi connectivity index (χ1v) is 11.5. The first kappa shape index (κ1) is 25.4. The van der Waals surface area contributed by atoms with Gasteiger partial charge in [0.2, 0.25) is 17.7 Å². The molecule has 2 aromatic carbocycles. The zero-order valence-corrected chi connectivity index (χ0v) is 20.5. The van der Waals surface area contributed by atoms with Gasteiger partial charge in [0.05, 0.1) is 30.2 Å². The average molecular weight is 498 g/mol. The summed E-state index contributed by atoms with van der Waals surface area (Å²) in [7, 11) is 1.65. The molecule has 10 nitrogen and oxygen atoms in total. The maximum absolute atomic E-state index is 13.3. The molecular formula is C27H27N7O3. The third-order valence-electron chi connectivity index (χ3n) is 5.62. The molecule has 2 heterocycles. The molecule has 0 bridgehead atoms. The molecule has 0 spiro atoms. The van der Waals surface area contributed by atoms with E-state index in [0.717, 1.165) is 5.56 Å². The molecule has 0 fully saturated rings. The van der Waals surface area contributed by atoms with Crippen molar-refractivity contribution in [2.45, 2.75) is 25.4 Å². The molecule has 4 aromatic rings. The largest absolute Gasteiger partial charge is 0.445 e. The van der Waals surface area contributed by atoms with Crippen LogP contribution >= 0.6 is 0 Å². The van der Waals surface area contributed by atoms with Crippen LogP contribution in [0.5, 0.6) is 0 Å². The van der Waals surface area contributed by atoms with Crippen molar-refractivity contribution in [3.8, 4) is 11.5 Å². The SMILES string of the molecule is CN(Cc1cnccn1)C(=O)c1cc(C(=N)OC(=N)[C@](C)(N)Cc2ccccc2)cc(-c2ncco2)c1. The minimum absolute atomic E-state index is 0.245. The molecule has 2 aromatic heterocycles. The Morgan fingerprint density at radius 1 is 1.08 bits per heavy atom. The Morgan fingerprint density at radius 2 is 1.84 bits per heavy atom. The molecule has 4 N–H and O–H groups in total. The zero-order valence-electron chi connectivity index (χ0n) is 20.5. The lowest BCUT2D eigenvalue weighted by molar-refractivity contribution is 0.0783. The number of amides is 1. The summed E-state index contributed by atoms with van der Waals surface area (Å²) in [6.07, 6.45) is 7.98. The van der Waals surface area contributed by atoms with Crippen LogP contribution in [-0.2, 0) is 17.7 Å². The summed E-state index contributed by atoms with van der Waals surface area (Å²) in [4.78, 5) is 27.2. The van der Waals surface area contributed by atoms with Gasteiger partial charge in [-0.3, -0.25) is 25.6 Å². The molecule has 10 heteroatoms. The van der Waals surface area contributed by atoms with Gasteiger partial charge in [-0.25, -0.2) is 4.98 Å². The summed E-state index contributed by atoms with van der Waals surface area (Å²) in [6, 6.07) is 14.3. The second-order valence-corrected chi connectivity index (χ2v) is 8.83. The highest BCUT2D eigenvalue weighted by atomic mass is 16.5. The van der Waals surface area contributed by atoms with E-state index in [9.17, 15) is 4.79 Å². The van der Waals surface area contributed by atoms with Crippen LogP contribution in [0.25, 0.3) is 11.5 Å². The molecular weight excluding hydrogens is 470 g/mol. The zero-order chi connectivity index (χ0) is 26.4. The van der Waals surface area contributed by atoms with E-state index >= 15 is 0 Å². The molecule has 37 heavy (non-hydrogen) atoms. The standard InChI is InChI=1S/C27H27N7O3/c1-27(30,15-18-6-4-3-5-7-18)26(29)37-23(28)19-12-20(24-33-10-11-36-24)14-21(13-19)25(35)34(2)17-22-16-31-8-9-32-22/h3-14,16,28-29H,15,17,30H2,1-2H3/t27-/m1/s1. The Hall–Kier alpha value is -4.70. The van der Waals surface area contributed by atoms with Crippen LogP contribution < -0.4 is 5.73 Å². The second-order valence-electron chi connectivity index (χ2n) is 8.83. The van der Waals surface area contributed by atoms with Crippen LogP contribution in [0, 0.1) is 10.8 Å².